The van der Waals surface area contributed by atoms with Gasteiger partial charge in [0.15, 0.2) is 5.75 Å². The predicted octanol–water partition coefficient (Wildman–Crippen LogP) is 2.09. The van der Waals surface area contributed by atoms with Crippen LogP contribution in [0, 0.1) is 6.57 Å². The average Bonchev–Trinajstić information content (AvgIpc) is 2.09. The second kappa shape index (κ2) is 3.77. The Bertz CT molecular complexity index is 447. The van der Waals surface area contributed by atoms with Crippen molar-refractivity contribution >= 4 is 21.6 Å². The van der Waals surface area contributed by atoms with E-state index in [1.165, 1.54) is 0 Å². The Hall–Kier alpha value is -1.05. The van der Waals surface area contributed by atoms with Crippen LogP contribution in [-0.2, 0) is 15.8 Å². The van der Waals surface area contributed by atoms with Gasteiger partial charge in [-0.1, -0.05) is 29.8 Å². The van der Waals surface area contributed by atoms with Crippen molar-refractivity contribution in [2.45, 2.75) is 5.75 Å². The molecule has 0 fully saturated rings. The molecule has 0 atom stereocenters. The standard InChI is InChI=1S/C8H6ClNO2S/c1-10-13(11,12)6-7-4-2-3-5-8(7)9/h2-5H,6H2. The fraction of sp³-hybridized carbons (Fsp3) is 0.125. The van der Waals surface area contributed by atoms with Crippen molar-refractivity contribution in [3.63, 3.8) is 0 Å². The third-order valence-corrected chi connectivity index (χ3v) is 2.76. The Morgan fingerprint density at radius 2 is 2.00 bits per heavy atom. The van der Waals surface area contributed by atoms with Crippen molar-refractivity contribution in [2.75, 3.05) is 0 Å². The topological polar surface area (TPSA) is 38.5 Å². The van der Waals surface area contributed by atoms with E-state index in [2.05, 4.69) is 4.25 Å². The third kappa shape index (κ3) is 2.72. The number of hydrogen-bond donors (Lipinski definition) is 0. The number of benzene rings is 1. The Balaban J connectivity index is 3.02. The maximum Gasteiger partial charge on any atom is 0.441 e. The molecule has 0 heterocycles. The number of hydrogen-bond acceptors (Lipinski definition) is 2. The van der Waals surface area contributed by atoms with E-state index in [0.29, 0.717) is 10.6 Å². The van der Waals surface area contributed by atoms with Crippen molar-refractivity contribution in [2.24, 2.45) is 0 Å². The van der Waals surface area contributed by atoms with Crippen LogP contribution in [0.1, 0.15) is 5.56 Å². The quantitative estimate of drug-likeness (QED) is 0.709. The summed E-state index contributed by atoms with van der Waals surface area (Å²) in [5.41, 5.74) is 0.458. The lowest BCUT2D eigenvalue weighted by molar-refractivity contribution is 0.603. The normalized spacial score (nSPS) is 10.8. The first-order valence-corrected chi connectivity index (χ1v) is 5.39. The highest BCUT2D eigenvalue weighted by molar-refractivity contribution is 7.92. The molecule has 0 amide bonds. The second-order valence-corrected chi connectivity index (χ2v) is 4.45. The molecule has 0 saturated carbocycles. The predicted molar refractivity (Wildman–Crippen MR) is 50.7 cm³/mol. The molecule has 1 aromatic rings. The molecule has 0 aliphatic rings. The number of nitrogens with zero attached hydrogens (tertiary/aromatic N) is 1. The van der Waals surface area contributed by atoms with Gasteiger partial charge in [0, 0.05) is 5.02 Å². The highest BCUT2D eigenvalue weighted by Gasteiger charge is 2.16. The van der Waals surface area contributed by atoms with E-state index in [1.807, 2.05) is 0 Å². The van der Waals surface area contributed by atoms with E-state index >= 15 is 0 Å². The van der Waals surface area contributed by atoms with Gasteiger partial charge in [0.2, 0.25) is 0 Å². The lowest BCUT2D eigenvalue weighted by Crippen LogP contribution is -1.98. The van der Waals surface area contributed by atoms with Crippen molar-refractivity contribution in [3.05, 3.63) is 45.7 Å². The zero-order chi connectivity index (χ0) is 9.90. The Morgan fingerprint density at radius 3 is 2.54 bits per heavy atom. The maximum atomic E-state index is 10.9. The van der Waals surface area contributed by atoms with Crippen LogP contribution >= 0.6 is 11.6 Å². The molecule has 3 nitrogen and oxygen atoms in total. The van der Waals surface area contributed by atoms with E-state index in [1.54, 1.807) is 24.3 Å². The van der Waals surface area contributed by atoms with Gasteiger partial charge in [0.1, 0.15) is 0 Å². The van der Waals surface area contributed by atoms with Crippen LogP contribution < -0.4 is 0 Å². The fourth-order valence-electron chi connectivity index (χ4n) is 0.844. The first kappa shape index (κ1) is 10.0. The summed E-state index contributed by atoms with van der Waals surface area (Å²) in [4.78, 5) is 0. The molecule has 1 aromatic carbocycles. The summed E-state index contributed by atoms with van der Waals surface area (Å²) in [5, 5.41) is 0.370. The zero-order valence-electron chi connectivity index (χ0n) is 6.57. The minimum absolute atomic E-state index is 0.323. The molecule has 68 valence electrons. The first-order chi connectivity index (χ1) is 6.05. The molecule has 0 spiro atoms. The lowest BCUT2D eigenvalue weighted by atomic mass is 10.2. The molecule has 0 radical (unpaired) electrons. The monoisotopic (exact) mass is 215 g/mol. The Kier molecular flexibility index (Phi) is 2.91. The van der Waals surface area contributed by atoms with Gasteiger partial charge in [0.05, 0.1) is 0 Å². The van der Waals surface area contributed by atoms with Crippen LogP contribution in [0.25, 0.3) is 4.25 Å². The van der Waals surface area contributed by atoms with E-state index in [0.717, 1.165) is 0 Å². The highest BCUT2D eigenvalue weighted by Crippen LogP contribution is 2.17. The summed E-state index contributed by atoms with van der Waals surface area (Å²) >= 11 is 5.72. The van der Waals surface area contributed by atoms with Crippen LogP contribution in [-0.4, -0.2) is 8.42 Å². The third-order valence-electron chi connectivity index (χ3n) is 1.43. The SMILES string of the molecule is [C-]#[N+]S(=O)(=O)Cc1ccccc1Cl. The summed E-state index contributed by atoms with van der Waals surface area (Å²) in [6.07, 6.45) is 0. The van der Waals surface area contributed by atoms with Crippen LogP contribution in [0.15, 0.2) is 24.3 Å². The molecule has 0 aliphatic heterocycles. The Morgan fingerprint density at radius 1 is 1.38 bits per heavy atom. The number of sulfonamides is 1. The molecule has 0 unspecified atom stereocenters. The van der Waals surface area contributed by atoms with Crippen molar-refractivity contribution in [3.8, 4) is 0 Å². The van der Waals surface area contributed by atoms with Crippen LogP contribution in [0.3, 0.4) is 0 Å². The zero-order valence-corrected chi connectivity index (χ0v) is 8.14. The summed E-state index contributed by atoms with van der Waals surface area (Å²) in [6.45, 7) is 6.42. The second-order valence-electron chi connectivity index (χ2n) is 2.41. The van der Waals surface area contributed by atoms with Gasteiger partial charge in [0.25, 0.3) is 0 Å². The van der Waals surface area contributed by atoms with Gasteiger partial charge in [-0.3, -0.25) is 0 Å². The lowest BCUT2D eigenvalue weighted by Gasteiger charge is -1.97. The van der Waals surface area contributed by atoms with Crippen LogP contribution in [0.4, 0.5) is 0 Å². The van der Waals surface area contributed by atoms with Gasteiger partial charge in [-0.15, -0.1) is 0 Å². The number of halogens is 1. The molecule has 0 aromatic heterocycles. The molecular formula is C8H6ClNO2S. The van der Waals surface area contributed by atoms with Gasteiger partial charge in [-0.2, -0.15) is 12.7 Å². The molecule has 0 N–H and O–H groups in total. The van der Waals surface area contributed by atoms with E-state index in [9.17, 15) is 8.42 Å². The molecule has 0 aliphatic carbocycles. The molecule has 0 saturated heterocycles. The average molecular weight is 216 g/mol. The molecule has 0 bridgehead atoms. The van der Waals surface area contributed by atoms with Crippen molar-refractivity contribution in [1.29, 1.82) is 0 Å². The van der Waals surface area contributed by atoms with E-state index in [4.69, 9.17) is 18.2 Å². The van der Waals surface area contributed by atoms with Gasteiger partial charge in [-0.05, 0) is 11.6 Å². The van der Waals surface area contributed by atoms with Crippen molar-refractivity contribution < 1.29 is 8.42 Å². The minimum Gasteiger partial charge on any atom is -0.206 e. The fourth-order valence-corrected chi connectivity index (χ4v) is 1.84. The molecule has 5 heteroatoms. The first-order valence-electron chi connectivity index (χ1n) is 3.40. The highest BCUT2D eigenvalue weighted by atomic mass is 35.5. The number of rotatable bonds is 2. The van der Waals surface area contributed by atoms with Gasteiger partial charge in [-0.25, -0.2) is 6.57 Å². The summed E-state index contributed by atoms with van der Waals surface area (Å²) < 4.78 is 24.3. The van der Waals surface area contributed by atoms with Crippen LogP contribution in [0.2, 0.25) is 5.02 Å². The van der Waals surface area contributed by atoms with E-state index < -0.39 is 10.0 Å². The van der Waals surface area contributed by atoms with Crippen LogP contribution in [0.5, 0.6) is 0 Å². The molecular weight excluding hydrogens is 210 g/mol. The smallest absolute Gasteiger partial charge is 0.206 e. The molecule has 13 heavy (non-hydrogen) atoms. The summed E-state index contributed by atoms with van der Waals surface area (Å²) in [5.74, 6) is -0.323. The van der Waals surface area contributed by atoms with Crippen molar-refractivity contribution in [1.82, 2.24) is 0 Å². The van der Waals surface area contributed by atoms with Gasteiger partial charge < -0.3 is 0 Å². The van der Waals surface area contributed by atoms with Gasteiger partial charge >= 0.3 is 10.0 Å². The Labute approximate surface area is 81.8 Å². The largest absolute Gasteiger partial charge is 0.441 e. The van der Waals surface area contributed by atoms with E-state index in [-0.39, 0.29) is 5.75 Å². The maximum absolute atomic E-state index is 10.9. The minimum atomic E-state index is -3.69. The summed E-state index contributed by atoms with van der Waals surface area (Å²) in [7, 11) is -3.69. The summed E-state index contributed by atoms with van der Waals surface area (Å²) in [6, 6.07) is 6.57. The molecule has 1 rings (SSSR count).